The molecule has 37 heavy (non-hydrogen) atoms. The van der Waals surface area contributed by atoms with E-state index in [1.165, 1.54) is 22.3 Å². The van der Waals surface area contributed by atoms with E-state index >= 15 is 0 Å². The first-order valence-corrected chi connectivity index (χ1v) is 13.3. The summed E-state index contributed by atoms with van der Waals surface area (Å²) in [6.45, 7) is 26.3. The third kappa shape index (κ3) is 9.32. The van der Waals surface area contributed by atoms with Gasteiger partial charge in [0.05, 0.1) is 0 Å². The smallest absolute Gasteiger partial charge is 0.317 e. The van der Waals surface area contributed by atoms with E-state index < -0.39 is 18.4 Å². The lowest BCUT2D eigenvalue weighted by Crippen LogP contribution is -2.18. The lowest BCUT2D eigenvalue weighted by Gasteiger charge is -2.26. The molecule has 0 radical (unpaired) electrons. The topological polar surface area (TPSA) is 52.6 Å². The van der Waals surface area contributed by atoms with Crippen LogP contribution in [0.15, 0.2) is 36.4 Å². The molecule has 2 aromatic carbocycles. The Morgan fingerprint density at radius 1 is 0.486 bits per heavy atom. The molecule has 2 rings (SSSR count). The van der Waals surface area contributed by atoms with E-state index in [0.717, 1.165) is 11.1 Å². The summed E-state index contributed by atoms with van der Waals surface area (Å²) < 4.78 is 10.9. The van der Waals surface area contributed by atoms with Gasteiger partial charge in [-0.1, -0.05) is 119 Å². The normalized spacial score (nSPS) is 12.9. The van der Waals surface area contributed by atoms with Crippen molar-refractivity contribution < 1.29 is 19.1 Å². The zero-order valence-electron chi connectivity index (χ0n) is 25.2. The van der Waals surface area contributed by atoms with Crippen LogP contribution in [-0.4, -0.2) is 11.9 Å². The Morgan fingerprint density at radius 2 is 0.730 bits per heavy atom. The molecule has 2 aromatic rings. The van der Waals surface area contributed by atoms with Crippen LogP contribution in [0.5, 0.6) is 0 Å². The van der Waals surface area contributed by atoms with Crippen molar-refractivity contribution in [3.63, 3.8) is 0 Å². The number of benzene rings is 2. The van der Waals surface area contributed by atoms with Crippen LogP contribution in [0.2, 0.25) is 0 Å². The average molecular weight is 509 g/mol. The second-order valence-electron chi connectivity index (χ2n) is 14.3. The molecule has 0 saturated carbocycles. The molecule has 0 N–H and O–H groups in total. The maximum atomic E-state index is 12.4. The second-order valence-corrected chi connectivity index (χ2v) is 14.3. The molecule has 0 aliphatic carbocycles. The van der Waals surface area contributed by atoms with Crippen molar-refractivity contribution in [1.29, 1.82) is 0 Å². The third-order valence-electron chi connectivity index (χ3n) is 6.54. The van der Waals surface area contributed by atoms with Gasteiger partial charge in [0, 0.05) is 0 Å². The molecular weight excluding hydrogens is 460 g/mol. The van der Waals surface area contributed by atoms with Crippen LogP contribution >= 0.6 is 0 Å². The lowest BCUT2D eigenvalue weighted by molar-refractivity contribution is -0.156. The Morgan fingerprint density at radius 3 is 0.946 bits per heavy atom. The van der Waals surface area contributed by atoms with Gasteiger partial charge in [-0.25, -0.2) is 0 Å². The van der Waals surface area contributed by atoms with Gasteiger partial charge in [0.2, 0.25) is 0 Å². The summed E-state index contributed by atoms with van der Waals surface area (Å²) in [5.41, 5.74) is 6.51. The van der Waals surface area contributed by atoms with E-state index in [9.17, 15) is 9.59 Å². The highest BCUT2D eigenvalue weighted by molar-refractivity contribution is 5.91. The average Bonchev–Trinajstić information content (AvgIpc) is 2.73. The predicted molar refractivity (Wildman–Crippen MR) is 152 cm³/mol. The van der Waals surface area contributed by atoms with Gasteiger partial charge in [0.15, 0.2) is 0 Å². The summed E-state index contributed by atoms with van der Waals surface area (Å²) in [6, 6.07) is 12.8. The maximum absolute atomic E-state index is 12.4. The summed E-state index contributed by atoms with van der Waals surface area (Å²) in [7, 11) is 0. The maximum Gasteiger partial charge on any atom is 0.317 e. The molecule has 204 valence electrons. The summed E-state index contributed by atoms with van der Waals surface area (Å²) in [5.74, 6) is -1.16. The van der Waals surface area contributed by atoms with Crippen molar-refractivity contribution in [2.24, 2.45) is 0 Å². The number of esters is 2. The number of hydrogen-bond donors (Lipinski definition) is 0. The quantitative estimate of drug-likeness (QED) is 0.292. The second kappa shape index (κ2) is 11.0. The van der Waals surface area contributed by atoms with Gasteiger partial charge in [0.25, 0.3) is 0 Å². The Labute approximate surface area is 225 Å². The number of ether oxygens (including phenoxy) is 2. The van der Waals surface area contributed by atoms with Gasteiger partial charge in [-0.3, -0.25) is 9.59 Å². The van der Waals surface area contributed by atoms with Crippen LogP contribution in [0, 0.1) is 0 Å². The van der Waals surface area contributed by atoms with Gasteiger partial charge in [-0.2, -0.15) is 0 Å². The molecule has 0 aromatic heterocycles. The SMILES string of the molecule is CC(C)(C)c1cc(COC(=O)CC(=O)OCc2cc(C(C)(C)C)cc(C(C)(C)C)c2)cc(C(C)(C)C)c1. The van der Waals surface area contributed by atoms with E-state index in [0.29, 0.717) is 0 Å². The zero-order chi connectivity index (χ0) is 28.4. The van der Waals surface area contributed by atoms with E-state index in [2.05, 4.69) is 119 Å². The molecule has 0 fully saturated rings. The molecule has 0 heterocycles. The number of carbonyl (C=O) groups is 2. The van der Waals surface area contributed by atoms with E-state index in [-0.39, 0.29) is 34.9 Å². The molecule has 0 unspecified atom stereocenters. The summed E-state index contributed by atoms with van der Waals surface area (Å²) in [4.78, 5) is 24.9. The van der Waals surface area contributed by atoms with Gasteiger partial charge in [-0.15, -0.1) is 0 Å². The van der Waals surface area contributed by atoms with Gasteiger partial charge < -0.3 is 9.47 Å². The van der Waals surface area contributed by atoms with Crippen molar-refractivity contribution in [3.8, 4) is 0 Å². The van der Waals surface area contributed by atoms with Crippen molar-refractivity contribution in [1.82, 2.24) is 0 Å². The summed E-state index contributed by atoms with van der Waals surface area (Å²) in [5, 5.41) is 0. The molecule has 4 heteroatoms. The van der Waals surface area contributed by atoms with Crippen LogP contribution in [0.25, 0.3) is 0 Å². The molecule has 0 aliphatic rings. The number of carbonyl (C=O) groups excluding carboxylic acids is 2. The zero-order valence-corrected chi connectivity index (χ0v) is 25.2. The van der Waals surface area contributed by atoms with Crippen molar-refractivity contribution in [2.45, 2.75) is 124 Å². The van der Waals surface area contributed by atoms with E-state index in [4.69, 9.17) is 9.47 Å². The van der Waals surface area contributed by atoms with Gasteiger partial charge in [-0.05, 0) is 55.0 Å². The first kappa shape index (κ1) is 30.6. The van der Waals surface area contributed by atoms with Crippen molar-refractivity contribution in [2.75, 3.05) is 0 Å². The summed E-state index contributed by atoms with van der Waals surface area (Å²) in [6.07, 6.45) is -0.407. The van der Waals surface area contributed by atoms with Gasteiger partial charge >= 0.3 is 11.9 Å². The minimum atomic E-state index is -0.581. The molecule has 0 bridgehead atoms. The fourth-order valence-corrected chi connectivity index (χ4v) is 3.83. The van der Waals surface area contributed by atoms with Crippen molar-refractivity contribution >= 4 is 11.9 Å². The van der Waals surface area contributed by atoms with Crippen molar-refractivity contribution in [3.05, 3.63) is 69.8 Å². The van der Waals surface area contributed by atoms with Gasteiger partial charge in [0.1, 0.15) is 19.6 Å². The highest BCUT2D eigenvalue weighted by Crippen LogP contribution is 2.32. The largest absolute Gasteiger partial charge is 0.460 e. The molecule has 4 nitrogen and oxygen atoms in total. The highest BCUT2D eigenvalue weighted by atomic mass is 16.6. The van der Waals surface area contributed by atoms with Crippen LogP contribution in [0.1, 0.15) is 123 Å². The number of rotatable bonds is 6. The molecule has 0 aliphatic heterocycles. The van der Waals surface area contributed by atoms with E-state index in [1.807, 2.05) is 0 Å². The predicted octanol–water partition coefficient (Wildman–Crippen LogP) is 8.05. The fourth-order valence-electron chi connectivity index (χ4n) is 3.83. The Hall–Kier alpha value is -2.62. The first-order valence-electron chi connectivity index (χ1n) is 13.3. The Balaban J connectivity index is 2.05. The molecule has 0 amide bonds. The van der Waals surface area contributed by atoms with Crippen LogP contribution < -0.4 is 0 Å². The molecule has 0 atom stereocenters. The summed E-state index contributed by atoms with van der Waals surface area (Å²) >= 11 is 0. The van der Waals surface area contributed by atoms with Crippen LogP contribution in [0.3, 0.4) is 0 Å². The molecular formula is C33H48O4. The third-order valence-corrected chi connectivity index (χ3v) is 6.54. The highest BCUT2D eigenvalue weighted by Gasteiger charge is 2.23. The van der Waals surface area contributed by atoms with Crippen LogP contribution in [0.4, 0.5) is 0 Å². The first-order chi connectivity index (χ1) is 16.7. The minimum absolute atomic E-state index is 0.0268. The molecule has 0 spiro atoms. The number of hydrogen-bond acceptors (Lipinski definition) is 4. The molecule has 0 saturated heterocycles. The van der Waals surface area contributed by atoms with E-state index in [1.54, 1.807) is 0 Å². The Bertz CT molecular complexity index is 959. The Kier molecular flexibility index (Phi) is 9.11. The fraction of sp³-hybridized carbons (Fsp3) is 0.576. The monoisotopic (exact) mass is 508 g/mol. The standard InChI is InChI=1S/C33H48O4/c1-30(2,3)24-13-22(14-25(17-24)31(4,5)6)20-36-28(34)19-29(35)37-21-23-15-26(32(7,8)9)18-27(16-23)33(10,11)12/h13-18H,19-21H2,1-12H3. The minimum Gasteiger partial charge on any atom is -0.460 e. The lowest BCUT2D eigenvalue weighted by atomic mass is 9.79. The van der Waals surface area contributed by atoms with Crippen LogP contribution in [-0.2, 0) is 53.9 Å².